The molecule has 2 aromatic rings. The van der Waals surface area contributed by atoms with Crippen LogP contribution in [0.15, 0.2) is 36.7 Å². The van der Waals surface area contributed by atoms with Crippen LogP contribution in [0.2, 0.25) is 0 Å². The monoisotopic (exact) mass is 837 g/mol. The molecule has 53 heavy (non-hydrogen) atoms. The first-order valence-corrected chi connectivity index (χ1v) is 20.4. The van der Waals surface area contributed by atoms with E-state index in [1.54, 1.807) is 0 Å². The molecule has 4 saturated heterocycles. The van der Waals surface area contributed by atoms with E-state index < -0.39 is 98.5 Å². The van der Waals surface area contributed by atoms with Crippen molar-refractivity contribution in [2.75, 3.05) is 18.9 Å². The number of primary amides is 1. The lowest BCUT2D eigenvalue weighted by Crippen LogP contribution is -2.64. The van der Waals surface area contributed by atoms with Gasteiger partial charge in [0, 0.05) is 18.0 Å². The van der Waals surface area contributed by atoms with Gasteiger partial charge in [-0.05, 0) is 6.42 Å². The maximum absolute atomic E-state index is 13.3. The van der Waals surface area contributed by atoms with Crippen LogP contribution in [0, 0.1) is 0 Å². The molecule has 5 aliphatic rings. The molecule has 7 heterocycles. The fraction of sp³-hybridized carbons (Fsp3) is 0.524. The number of amides is 1. The Morgan fingerprint density at radius 3 is 2.45 bits per heavy atom. The number of ether oxygens (including phenoxy) is 2. The molecule has 0 saturated carbocycles. The third kappa shape index (κ3) is 6.52. The van der Waals surface area contributed by atoms with E-state index in [0.717, 1.165) is 17.2 Å². The fourth-order valence-electron chi connectivity index (χ4n) is 5.92. The van der Waals surface area contributed by atoms with Gasteiger partial charge >= 0.3 is 31.3 Å². The first-order valence-electron chi connectivity index (χ1n) is 14.5. The minimum atomic E-state index is -5.87. The molecule has 7 rings (SSSR count). The molecule has 2 aromatic heterocycles. The van der Waals surface area contributed by atoms with E-state index in [0.29, 0.717) is 0 Å². The number of fused-ring (bicyclic) bond motifs is 2. The molecule has 0 radical (unpaired) electrons. The van der Waals surface area contributed by atoms with Crippen LogP contribution in [0.5, 0.6) is 0 Å². The van der Waals surface area contributed by atoms with Gasteiger partial charge in [0.15, 0.2) is 17.7 Å². The van der Waals surface area contributed by atoms with Crippen molar-refractivity contribution >= 4 is 54.2 Å². The zero-order valence-corrected chi connectivity index (χ0v) is 29.5. The van der Waals surface area contributed by atoms with Crippen LogP contribution in [0.1, 0.15) is 12.6 Å². The van der Waals surface area contributed by atoms with Crippen molar-refractivity contribution in [3.8, 4) is 0 Å². The highest BCUT2D eigenvalue weighted by molar-refractivity contribution is 7.61. The molecule has 11 atom stereocenters. The van der Waals surface area contributed by atoms with Gasteiger partial charge in [-0.2, -0.15) is 4.31 Å². The maximum atomic E-state index is 13.3. The zero-order chi connectivity index (χ0) is 38.6. The van der Waals surface area contributed by atoms with Gasteiger partial charge in [-0.3, -0.25) is 18.4 Å². The Morgan fingerprint density at radius 1 is 1.06 bits per heavy atom. The summed E-state index contributed by atoms with van der Waals surface area (Å²) in [6, 6.07) is 0. The normalized spacial score (nSPS) is 38.7. The summed E-state index contributed by atoms with van der Waals surface area (Å²) in [4.78, 5) is 64.5. The van der Waals surface area contributed by atoms with E-state index in [-0.39, 0.29) is 29.0 Å². The molecule has 1 amide bonds. The fourth-order valence-corrected chi connectivity index (χ4v) is 10.5. The molecule has 5 aliphatic heterocycles. The minimum absolute atomic E-state index is 0.119. The summed E-state index contributed by atoms with van der Waals surface area (Å²) in [6.45, 7) is -2.69. The van der Waals surface area contributed by atoms with E-state index >= 15 is 0 Å². The minimum Gasteiger partial charge on any atom is -0.387 e. The molecule has 2 bridgehead atoms. The number of rotatable bonds is 13. The maximum Gasteiger partial charge on any atom is 0.483 e. The van der Waals surface area contributed by atoms with Crippen LogP contribution in [-0.4, -0.2) is 120 Å². The number of anilines is 1. The van der Waals surface area contributed by atoms with E-state index in [2.05, 4.69) is 23.8 Å². The second kappa shape index (κ2) is 12.7. The Kier molecular flexibility index (Phi) is 9.26. The molecule has 0 spiro atoms. The van der Waals surface area contributed by atoms with Crippen molar-refractivity contribution in [1.82, 2.24) is 24.4 Å². The number of aliphatic hydroxyl groups is 3. The first kappa shape index (κ1) is 38.6. The van der Waals surface area contributed by atoms with Gasteiger partial charge in [-0.1, -0.05) is 6.08 Å². The predicted molar refractivity (Wildman–Crippen MR) is 160 cm³/mol. The summed E-state index contributed by atoms with van der Waals surface area (Å²) in [5.74, 6) is -11.0. The molecular weight excluding hydrogens is 810 g/mol. The third-order valence-corrected chi connectivity index (χ3v) is 12.7. The van der Waals surface area contributed by atoms with Crippen LogP contribution >= 0.6 is 31.3 Å². The lowest BCUT2D eigenvalue weighted by molar-refractivity contribution is -0.335. The average Bonchev–Trinajstić information content (AvgIpc) is 3.74. The number of aliphatic hydroxyl groups excluding tert-OH is 2. The number of nitrogen functional groups attached to an aromatic ring is 1. The molecule has 32 heteroatoms. The van der Waals surface area contributed by atoms with E-state index in [1.807, 2.05) is 0 Å². The predicted octanol–water partition coefficient (Wildman–Crippen LogP) is -2.40. The molecule has 0 aliphatic carbocycles. The summed E-state index contributed by atoms with van der Waals surface area (Å²) in [5, 5.41) is 32.6. The largest absolute Gasteiger partial charge is 0.483 e. The number of phosphoric acid groups is 4. The van der Waals surface area contributed by atoms with Gasteiger partial charge in [0.2, 0.25) is 12.1 Å². The quantitative estimate of drug-likeness (QED) is 0.0949. The third-order valence-electron chi connectivity index (χ3n) is 8.15. The van der Waals surface area contributed by atoms with Crippen molar-refractivity contribution in [1.29, 1.82) is 0 Å². The number of carbonyl (C=O) groups is 1. The van der Waals surface area contributed by atoms with Crippen LogP contribution in [0.4, 0.5) is 5.82 Å². The number of allylic oxidation sites excluding steroid dienone is 1. The van der Waals surface area contributed by atoms with Crippen molar-refractivity contribution in [3.63, 3.8) is 0 Å². The van der Waals surface area contributed by atoms with Crippen LogP contribution in [0.3, 0.4) is 0 Å². The molecule has 11 N–H and O–H groups in total. The Morgan fingerprint density at radius 2 is 1.77 bits per heavy atom. The highest BCUT2D eigenvalue weighted by Gasteiger charge is 2.93. The molecule has 0 aromatic carbocycles. The standard InChI is InChI=1S/C21H27N7O21P4/c22-14-11-16(25-7-24-14)28(8-26-11)18-20(46-50(33,34)35)21(32)19(44-18,45-53(40,47-20)48-21)6-42-52(38,39)49-51(36,37)41-5-10-12(29)13(30)17(43-10)27-3-1-2-9(4-27)15(23)31/h1,3-4,7-8,10,12-13,17-18,29-30,32H,2,5-6H2,(H2,23,31)(H,36,37)(H,38,39)(H2,22,24,25)(H2,33,34,35)/t10-,12-,13-,17-,18-,19-,20-,21-,53?/m1/s1. The van der Waals surface area contributed by atoms with Gasteiger partial charge in [-0.15, -0.1) is 0 Å². The van der Waals surface area contributed by atoms with E-state index in [4.69, 9.17) is 43.6 Å². The Balaban J connectivity index is 1.08. The summed E-state index contributed by atoms with van der Waals surface area (Å²) >= 11 is 0. The van der Waals surface area contributed by atoms with Gasteiger partial charge in [-0.25, -0.2) is 51.3 Å². The number of nitrogens with zero attached hydrogens (tertiary/aromatic N) is 5. The summed E-state index contributed by atoms with van der Waals surface area (Å²) in [5.41, 5.74) is 10.8. The molecular formula is C21H27N7O21P4. The van der Waals surface area contributed by atoms with E-state index in [1.165, 1.54) is 23.4 Å². The van der Waals surface area contributed by atoms with Crippen LogP contribution in [-0.2, 0) is 64.0 Å². The number of carbonyl (C=O) groups excluding carboxylic acids is 1. The highest BCUT2D eigenvalue weighted by Crippen LogP contribution is 2.82. The Bertz CT molecular complexity index is 2110. The smallest absolute Gasteiger partial charge is 0.387 e. The number of nitrogens with two attached hydrogens (primary N) is 2. The molecule has 28 nitrogen and oxygen atoms in total. The Hall–Kier alpha value is -2.62. The van der Waals surface area contributed by atoms with Crippen LogP contribution in [0.25, 0.3) is 11.2 Å². The second-order valence-corrected chi connectivity index (χ2v) is 17.3. The topological polar surface area (TPSA) is 409 Å². The first-order chi connectivity index (χ1) is 24.5. The summed E-state index contributed by atoms with van der Waals surface area (Å²) in [6.07, 6.45) is -2.42. The Labute approximate surface area is 293 Å². The molecule has 292 valence electrons. The number of aromatic nitrogens is 4. The van der Waals surface area contributed by atoms with E-state index in [9.17, 15) is 57.9 Å². The van der Waals surface area contributed by atoms with Gasteiger partial charge in [0.25, 0.3) is 17.4 Å². The highest BCUT2D eigenvalue weighted by atomic mass is 31.3. The van der Waals surface area contributed by atoms with Crippen molar-refractivity contribution in [2.45, 2.75) is 54.5 Å². The van der Waals surface area contributed by atoms with Crippen molar-refractivity contribution in [2.24, 2.45) is 5.73 Å². The van der Waals surface area contributed by atoms with Crippen molar-refractivity contribution in [3.05, 3.63) is 36.7 Å². The summed E-state index contributed by atoms with van der Waals surface area (Å²) < 4.78 is 96.6. The zero-order valence-electron chi connectivity index (χ0n) is 25.9. The number of hydrogen-bond donors (Lipinski definition) is 9. The van der Waals surface area contributed by atoms with Crippen LogP contribution < -0.4 is 11.5 Å². The SMILES string of the molecule is NC(=O)C1=CN([C@@H]2O[C@H](COP(=O)(O)OP(=O)(O)OC[C@@]34O[C@@H](n5cnc6c(N)ncnc65)[C@@]5(OP(=O)(O)O)OP(=O)(O3)O[C@]45O)[C@@H](O)[C@H]2O)C=CC1. The second-order valence-electron chi connectivity index (χ2n) is 11.6. The van der Waals surface area contributed by atoms with Gasteiger partial charge in [0.05, 0.1) is 12.9 Å². The molecule has 3 unspecified atom stereocenters. The van der Waals surface area contributed by atoms with Gasteiger partial charge in [0.1, 0.15) is 36.8 Å². The number of hydrogen-bond acceptors (Lipinski definition) is 22. The average molecular weight is 837 g/mol. The number of phosphoric ester groups is 4. The van der Waals surface area contributed by atoms with Crippen molar-refractivity contribution < 1.29 is 98.9 Å². The lowest BCUT2D eigenvalue weighted by Gasteiger charge is -2.38. The summed E-state index contributed by atoms with van der Waals surface area (Å²) in [7, 11) is -22.5. The van der Waals surface area contributed by atoms with Gasteiger partial charge < -0.3 is 60.7 Å². The lowest BCUT2D eigenvalue weighted by atomic mass is 9.99. The number of imidazole rings is 1. The molecule has 4 fully saturated rings.